The van der Waals surface area contributed by atoms with E-state index in [1.165, 1.54) is 0 Å². The summed E-state index contributed by atoms with van der Waals surface area (Å²) in [5, 5.41) is 9.61. The van der Waals surface area contributed by atoms with Gasteiger partial charge in [0.25, 0.3) is 0 Å². The third-order valence-electron chi connectivity index (χ3n) is 2.53. The molecule has 5 heteroatoms. The van der Waals surface area contributed by atoms with Crippen molar-refractivity contribution in [2.75, 3.05) is 27.9 Å². The van der Waals surface area contributed by atoms with Crippen LogP contribution in [0.4, 0.5) is 0 Å². The number of ether oxygens (including phenoxy) is 3. The van der Waals surface area contributed by atoms with E-state index in [4.69, 9.17) is 19.9 Å². The van der Waals surface area contributed by atoms with Crippen LogP contribution in [0.25, 0.3) is 0 Å². The van der Waals surface area contributed by atoms with E-state index in [1.54, 1.807) is 33.5 Å². The van der Waals surface area contributed by atoms with Gasteiger partial charge in [0.1, 0.15) is 17.2 Å². The second-order valence-electron chi connectivity index (χ2n) is 3.60. The van der Waals surface area contributed by atoms with Gasteiger partial charge in [-0.25, -0.2) is 0 Å². The van der Waals surface area contributed by atoms with Gasteiger partial charge in [-0.3, -0.25) is 0 Å². The van der Waals surface area contributed by atoms with Crippen LogP contribution >= 0.6 is 0 Å². The minimum atomic E-state index is -0.619. The fraction of sp³-hybridized carbons (Fsp3) is 0.500. The highest BCUT2D eigenvalue weighted by Crippen LogP contribution is 2.34. The number of hydrogen-bond donors (Lipinski definition) is 2. The Labute approximate surface area is 101 Å². The first kappa shape index (κ1) is 13.6. The zero-order chi connectivity index (χ0) is 12.8. The summed E-state index contributed by atoms with van der Waals surface area (Å²) in [5.41, 5.74) is 6.19. The predicted octanol–water partition coefficient (Wildman–Crippen LogP) is 0.574. The van der Waals surface area contributed by atoms with Gasteiger partial charge in [-0.05, 0) is 0 Å². The summed E-state index contributed by atoms with van der Waals surface area (Å²) in [6.45, 7) is 0.193. The molecule has 0 spiro atoms. The van der Waals surface area contributed by atoms with Crippen LogP contribution in [0.5, 0.6) is 17.2 Å². The van der Waals surface area contributed by atoms with E-state index in [-0.39, 0.29) is 6.54 Å². The Morgan fingerprint density at radius 3 is 2.00 bits per heavy atom. The lowest BCUT2D eigenvalue weighted by atomic mass is 10.0. The molecule has 3 N–H and O–H groups in total. The fourth-order valence-corrected chi connectivity index (χ4v) is 1.60. The fourth-order valence-electron chi connectivity index (χ4n) is 1.60. The van der Waals surface area contributed by atoms with E-state index in [1.807, 2.05) is 0 Å². The number of methoxy groups -OCH3 is 3. The zero-order valence-corrected chi connectivity index (χ0v) is 10.4. The topological polar surface area (TPSA) is 73.9 Å². The molecule has 1 aromatic carbocycles. The largest absolute Gasteiger partial charge is 0.496 e. The summed E-state index contributed by atoms with van der Waals surface area (Å²) in [6, 6.07) is 3.50. The SMILES string of the molecule is COc1cc(OC)c(CC(O)CN)c(OC)c1. The van der Waals surface area contributed by atoms with Crippen molar-refractivity contribution in [3.8, 4) is 17.2 Å². The molecule has 0 aliphatic rings. The van der Waals surface area contributed by atoms with Crippen molar-refractivity contribution in [2.45, 2.75) is 12.5 Å². The Morgan fingerprint density at radius 2 is 1.65 bits per heavy atom. The molecular formula is C12H19NO4. The quantitative estimate of drug-likeness (QED) is 0.762. The van der Waals surface area contributed by atoms with E-state index in [2.05, 4.69) is 0 Å². The number of nitrogens with two attached hydrogens (primary N) is 1. The van der Waals surface area contributed by atoms with E-state index in [0.717, 1.165) is 5.56 Å². The van der Waals surface area contributed by atoms with Crippen molar-refractivity contribution >= 4 is 0 Å². The van der Waals surface area contributed by atoms with Gasteiger partial charge in [0.2, 0.25) is 0 Å². The zero-order valence-electron chi connectivity index (χ0n) is 10.4. The van der Waals surface area contributed by atoms with Gasteiger partial charge < -0.3 is 25.1 Å². The van der Waals surface area contributed by atoms with Crippen molar-refractivity contribution in [1.82, 2.24) is 0 Å². The van der Waals surface area contributed by atoms with Crippen molar-refractivity contribution in [3.05, 3.63) is 17.7 Å². The molecule has 1 atom stereocenters. The maximum atomic E-state index is 9.61. The summed E-state index contributed by atoms with van der Waals surface area (Å²) in [5.74, 6) is 1.88. The van der Waals surface area contributed by atoms with E-state index >= 15 is 0 Å². The molecule has 1 unspecified atom stereocenters. The van der Waals surface area contributed by atoms with Gasteiger partial charge >= 0.3 is 0 Å². The molecule has 0 radical (unpaired) electrons. The minimum Gasteiger partial charge on any atom is -0.496 e. The first-order valence-corrected chi connectivity index (χ1v) is 5.33. The highest BCUT2D eigenvalue weighted by molar-refractivity contribution is 5.51. The van der Waals surface area contributed by atoms with Crippen molar-refractivity contribution in [2.24, 2.45) is 5.73 Å². The van der Waals surface area contributed by atoms with Gasteiger partial charge in [0.15, 0.2) is 0 Å². The molecule has 5 nitrogen and oxygen atoms in total. The lowest BCUT2D eigenvalue weighted by Gasteiger charge is -2.16. The molecule has 17 heavy (non-hydrogen) atoms. The van der Waals surface area contributed by atoms with Crippen LogP contribution in [0.2, 0.25) is 0 Å². The first-order chi connectivity index (χ1) is 8.15. The average Bonchev–Trinajstić information content (AvgIpc) is 2.38. The molecule has 0 saturated heterocycles. The van der Waals surface area contributed by atoms with Gasteiger partial charge in [-0.1, -0.05) is 0 Å². The third-order valence-corrected chi connectivity index (χ3v) is 2.53. The molecule has 0 aliphatic heterocycles. The summed E-state index contributed by atoms with van der Waals surface area (Å²) in [4.78, 5) is 0. The smallest absolute Gasteiger partial charge is 0.129 e. The molecule has 1 aromatic rings. The molecule has 0 fully saturated rings. The van der Waals surface area contributed by atoms with E-state index in [9.17, 15) is 5.11 Å². The highest BCUT2D eigenvalue weighted by atomic mass is 16.5. The van der Waals surface area contributed by atoms with Crippen LogP contribution in [0.15, 0.2) is 12.1 Å². The number of rotatable bonds is 6. The molecule has 0 aromatic heterocycles. The molecule has 0 bridgehead atoms. The number of benzene rings is 1. The summed E-state index contributed by atoms with van der Waals surface area (Å²) < 4.78 is 15.7. The summed E-state index contributed by atoms with van der Waals surface area (Å²) >= 11 is 0. The minimum absolute atomic E-state index is 0.193. The standard InChI is InChI=1S/C12H19NO4/c1-15-9-5-11(16-2)10(4-8(14)7-13)12(6-9)17-3/h5-6,8,14H,4,7,13H2,1-3H3. The highest BCUT2D eigenvalue weighted by Gasteiger charge is 2.16. The van der Waals surface area contributed by atoms with Gasteiger partial charge in [0.05, 0.1) is 27.4 Å². The predicted molar refractivity (Wildman–Crippen MR) is 64.9 cm³/mol. The van der Waals surface area contributed by atoms with Crippen LogP contribution in [-0.2, 0) is 6.42 Å². The number of aliphatic hydroxyl groups is 1. The summed E-state index contributed by atoms with van der Waals surface area (Å²) in [7, 11) is 4.70. The molecule has 96 valence electrons. The second-order valence-corrected chi connectivity index (χ2v) is 3.60. The van der Waals surface area contributed by atoms with E-state index < -0.39 is 6.10 Å². The Morgan fingerprint density at radius 1 is 1.12 bits per heavy atom. The third kappa shape index (κ3) is 3.25. The molecule has 0 amide bonds. The number of aliphatic hydroxyl groups excluding tert-OH is 1. The van der Waals surface area contributed by atoms with Crippen LogP contribution in [0.1, 0.15) is 5.56 Å². The van der Waals surface area contributed by atoms with Crippen LogP contribution < -0.4 is 19.9 Å². The van der Waals surface area contributed by atoms with Crippen LogP contribution in [-0.4, -0.2) is 39.1 Å². The molecule has 0 saturated carbocycles. The van der Waals surface area contributed by atoms with Crippen LogP contribution in [0, 0.1) is 0 Å². The summed E-state index contributed by atoms with van der Waals surface area (Å²) in [6.07, 6.45) is -0.237. The van der Waals surface area contributed by atoms with E-state index in [0.29, 0.717) is 23.7 Å². The Balaban J connectivity index is 3.15. The lowest BCUT2D eigenvalue weighted by molar-refractivity contribution is 0.180. The Hall–Kier alpha value is -1.46. The first-order valence-electron chi connectivity index (χ1n) is 5.33. The molecule has 1 rings (SSSR count). The average molecular weight is 241 g/mol. The number of hydrogen-bond acceptors (Lipinski definition) is 5. The van der Waals surface area contributed by atoms with Gasteiger partial charge in [-0.2, -0.15) is 0 Å². The van der Waals surface area contributed by atoms with Gasteiger partial charge in [-0.15, -0.1) is 0 Å². The normalized spacial score (nSPS) is 12.1. The Bertz CT molecular complexity index is 343. The molecular weight excluding hydrogens is 222 g/mol. The maximum Gasteiger partial charge on any atom is 0.129 e. The molecule has 0 heterocycles. The van der Waals surface area contributed by atoms with Gasteiger partial charge in [0, 0.05) is 30.7 Å². The van der Waals surface area contributed by atoms with Crippen molar-refractivity contribution in [3.63, 3.8) is 0 Å². The second kappa shape index (κ2) is 6.32. The van der Waals surface area contributed by atoms with Crippen LogP contribution in [0.3, 0.4) is 0 Å². The van der Waals surface area contributed by atoms with Crippen molar-refractivity contribution in [1.29, 1.82) is 0 Å². The Kier molecular flexibility index (Phi) is 5.06. The monoisotopic (exact) mass is 241 g/mol. The van der Waals surface area contributed by atoms with Crippen molar-refractivity contribution < 1.29 is 19.3 Å². The molecule has 0 aliphatic carbocycles. The lowest BCUT2D eigenvalue weighted by Crippen LogP contribution is -2.22. The maximum absolute atomic E-state index is 9.61.